The van der Waals surface area contributed by atoms with Crippen molar-refractivity contribution in [2.24, 2.45) is 0 Å². The Hall–Kier alpha value is -2.41. The van der Waals surface area contributed by atoms with Crippen molar-refractivity contribution in [3.8, 4) is 0 Å². The molecule has 3 rings (SSSR count). The minimum absolute atomic E-state index is 0.0633. The lowest BCUT2D eigenvalue weighted by Crippen LogP contribution is -2.40. The summed E-state index contributed by atoms with van der Waals surface area (Å²) >= 11 is 0. The summed E-state index contributed by atoms with van der Waals surface area (Å²) in [4.78, 5) is 35.5. The zero-order valence-corrected chi connectivity index (χ0v) is 12.9. The summed E-state index contributed by atoms with van der Waals surface area (Å²) < 4.78 is 0. The van der Waals surface area contributed by atoms with Gasteiger partial charge in [0.25, 0.3) is 5.91 Å². The van der Waals surface area contributed by atoms with Crippen LogP contribution in [0.3, 0.4) is 0 Å². The molecule has 0 aliphatic carbocycles. The second-order valence-corrected chi connectivity index (χ2v) is 6.16. The lowest BCUT2D eigenvalue weighted by Gasteiger charge is -2.21. The Labute approximate surface area is 134 Å². The van der Waals surface area contributed by atoms with Crippen molar-refractivity contribution in [3.63, 3.8) is 0 Å². The molecule has 2 aliphatic heterocycles. The topological polar surface area (TPSA) is 99.3 Å². The Kier molecular flexibility index (Phi) is 4.04. The van der Waals surface area contributed by atoms with Crippen LogP contribution in [-0.2, 0) is 15.1 Å². The maximum absolute atomic E-state index is 12.1. The van der Waals surface area contributed by atoms with E-state index in [-0.39, 0.29) is 11.9 Å². The van der Waals surface area contributed by atoms with E-state index in [1.807, 2.05) is 0 Å². The molecule has 122 valence electrons. The number of anilines is 1. The lowest BCUT2D eigenvalue weighted by molar-refractivity contribution is -0.123. The number of imide groups is 1. The molecule has 2 heterocycles. The van der Waals surface area contributed by atoms with Crippen molar-refractivity contribution < 1.29 is 14.4 Å². The van der Waals surface area contributed by atoms with Gasteiger partial charge in [0.05, 0.1) is 0 Å². The average Bonchev–Trinajstić information content (AvgIpc) is 3.08. The average molecular weight is 316 g/mol. The molecule has 0 aromatic heterocycles. The molecule has 7 heteroatoms. The summed E-state index contributed by atoms with van der Waals surface area (Å²) in [7, 11) is 0. The van der Waals surface area contributed by atoms with E-state index in [2.05, 4.69) is 21.3 Å². The standard InChI is InChI=1S/C16H20N4O3/c1-16(14(22)19-15(23)20-16)10-4-2-5-12(8-10)18-13(21)9-11-6-3-7-17-11/h2,4-5,8,11,17H,3,6-7,9H2,1H3,(H,18,21)(H2,19,20,22,23). The first-order valence-corrected chi connectivity index (χ1v) is 7.75. The van der Waals surface area contributed by atoms with Gasteiger partial charge in [0.1, 0.15) is 5.54 Å². The molecule has 7 nitrogen and oxygen atoms in total. The van der Waals surface area contributed by atoms with Crippen molar-refractivity contribution >= 4 is 23.5 Å². The van der Waals surface area contributed by atoms with Gasteiger partial charge in [0, 0.05) is 18.2 Å². The van der Waals surface area contributed by atoms with Gasteiger partial charge in [0.2, 0.25) is 5.91 Å². The smallest absolute Gasteiger partial charge is 0.322 e. The van der Waals surface area contributed by atoms with Gasteiger partial charge >= 0.3 is 6.03 Å². The largest absolute Gasteiger partial charge is 0.326 e. The maximum Gasteiger partial charge on any atom is 0.322 e. The molecule has 4 N–H and O–H groups in total. The van der Waals surface area contributed by atoms with E-state index in [1.54, 1.807) is 31.2 Å². The Morgan fingerprint density at radius 3 is 2.87 bits per heavy atom. The second-order valence-electron chi connectivity index (χ2n) is 6.16. The molecular weight excluding hydrogens is 296 g/mol. The van der Waals surface area contributed by atoms with E-state index in [0.29, 0.717) is 17.7 Å². The molecule has 1 aromatic rings. The van der Waals surface area contributed by atoms with Gasteiger partial charge < -0.3 is 16.0 Å². The molecule has 2 aliphatic rings. The monoisotopic (exact) mass is 316 g/mol. The van der Waals surface area contributed by atoms with E-state index < -0.39 is 17.5 Å². The summed E-state index contributed by atoms with van der Waals surface area (Å²) in [5.41, 5.74) is 0.114. The number of carbonyl (C=O) groups is 3. The van der Waals surface area contributed by atoms with Crippen LogP contribution in [0.1, 0.15) is 31.7 Å². The van der Waals surface area contributed by atoms with Gasteiger partial charge in [-0.1, -0.05) is 12.1 Å². The third-order valence-electron chi connectivity index (χ3n) is 4.36. The number of nitrogens with one attached hydrogen (secondary N) is 4. The summed E-state index contributed by atoms with van der Waals surface area (Å²) in [6, 6.07) is 6.70. The van der Waals surface area contributed by atoms with E-state index in [1.165, 1.54) is 0 Å². The number of hydrogen-bond acceptors (Lipinski definition) is 4. The Morgan fingerprint density at radius 1 is 1.39 bits per heavy atom. The van der Waals surface area contributed by atoms with Crippen molar-refractivity contribution in [1.29, 1.82) is 0 Å². The van der Waals surface area contributed by atoms with E-state index in [0.717, 1.165) is 19.4 Å². The summed E-state index contributed by atoms with van der Waals surface area (Å²) in [6.45, 7) is 2.59. The predicted octanol–water partition coefficient (Wildman–Crippen LogP) is 0.822. The highest BCUT2D eigenvalue weighted by Crippen LogP contribution is 2.26. The number of benzene rings is 1. The van der Waals surface area contributed by atoms with Crippen molar-refractivity contribution in [2.75, 3.05) is 11.9 Å². The van der Waals surface area contributed by atoms with Crippen LogP contribution in [0, 0.1) is 0 Å². The SMILES string of the molecule is CC1(c2cccc(NC(=O)CC3CCCN3)c2)NC(=O)NC1=O. The van der Waals surface area contributed by atoms with Crippen LogP contribution < -0.4 is 21.3 Å². The fraction of sp³-hybridized carbons (Fsp3) is 0.438. The molecule has 1 aromatic carbocycles. The van der Waals surface area contributed by atoms with Gasteiger partial charge in [-0.25, -0.2) is 4.79 Å². The van der Waals surface area contributed by atoms with Gasteiger partial charge in [-0.05, 0) is 44.0 Å². The Bertz CT molecular complexity index is 654. The first-order chi connectivity index (χ1) is 11.0. The Balaban J connectivity index is 1.71. The number of rotatable bonds is 4. The van der Waals surface area contributed by atoms with E-state index in [4.69, 9.17) is 0 Å². The molecular formula is C16H20N4O3. The van der Waals surface area contributed by atoms with E-state index >= 15 is 0 Å². The molecule has 2 fully saturated rings. The fourth-order valence-corrected chi connectivity index (χ4v) is 3.02. The van der Waals surface area contributed by atoms with Crippen LogP contribution in [0.25, 0.3) is 0 Å². The third-order valence-corrected chi connectivity index (χ3v) is 4.36. The van der Waals surface area contributed by atoms with Crippen LogP contribution in [0.15, 0.2) is 24.3 Å². The zero-order valence-electron chi connectivity index (χ0n) is 12.9. The first-order valence-electron chi connectivity index (χ1n) is 7.75. The highest BCUT2D eigenvalue weighted by molar-refractivity contribution is 6.07. The van der Waals surface area contributed by atoms with Gasteiger partial charge in [-0.15, -0.1) is 0 Å². The number of hydrogen-bond donors (Lipinski definition) is 4. The van der Waals surface area contributed by atoms with Crippen molar-refractivity contribution in [2.45, 2.75) is 37.8 Å². The lowest BCUT2D eigenvalue weighted by atomic mass is 9.92. The third kappa shape index (κ3) is 3.19. The molecule has 0 spiro atoms. The van der Waals surface area contributed by atoms with E-state index in [9.17, 15) is 14.4 Å². The van der Waals surface area contributed by atoms with Gasteiger partial charge in [0.15, 0.2) is 0 Å². The number of urea groups is 1. The predicted molar refractivity (Wildman–Crippen MR) is 84.7 cm³/mol. The van der Waals surface area contributed by atoms with Crippen LogP contribution >= 0.6 is 0 Å². The molecule has 2 unspecified atom stereocenters. The summed E-state index contributed by atoms with van der Waals surface area (Å²) in [5.74, 6) is -0.465. The highest BCUT2D eigenvalue weighted by atomic mass is 16.2. The molecule has 2 saturated heterocycles. The normalized spacial score (nSPS) is 26.7. The van der Waals surface area contributed by atoms with Crippen molar-refractivity contribution in [3.05, 3.63) is 29.8 Å². The van der Waals surface area contributed by atoms with Crippen LogP contribution in [0.4, 0.5) is 10.5 Å². The van der Waals surface area contributed by atoms with Crippen LogP contribution in [0.5, 0.6) is 0 Å². The first kappa shape index (κ1) is 15.5. The zero-order chi connectivity index (χ0) is 16.4. The quantitative estimate of drug-likeness (QED) is 0.618. The van der Waals surface area contributed by atoms with Crippen LogP contribution in [-0.4, -0.2) is 30.4 Å². The molecule has 0 radical (unpaired) electrons. The summed E-state index contributed by atoms with van der Waals surface area (Å²) in [5, 5.41) is 11.0. The minimum Gasteiger partial charge on any atom is -0.326 e. The maximum atomic E-state index is 12.1. The molecule has 4 amide bonds. The Morgan fingerprint density at radius 2 is 2.22 bits per heavy atom. The second kappa shape index (κ2) is 6.00. The van der Waals surface area contributed by atoms with Crippen molar-refractivity contribution in [1.82, 2.24) is 16.0 Å². The summed E-state index contributed by atoms with van der Waals surface area (Å²) in [6.07, 6.45) is 2.54. The molecule has 0 bridgehead atoms. The van der Waals surface area contributed by atoms with Gasteiger partial charge in [-0.2, -0.15) is 0 Å². The molecule has 23 heavy (non-hydrogen) atoms. The number of amides is 4. The minimum atomic E-state index is -1.12. The molecule has 2 atom stereocenters. The molecule has 0 saturated carbocycles. The number of carbonyl (C=O) groups excluding carboxylic acids is 3. The van der Waals surface area contributed by atoms with Gasteiger partial charge in [-0.3, -0.25) is 14.9 Å². The van der Waals surface area contributed by atoms with Crippen LogP contribution in [0.2, 0.25) is 0 Å². The highest BCUT2D eigenvalue weighted by Gasteiger charge is 2.43. The fourth-order valence-electron chi connectivity index (χ4n) is 3.02.